The molecule has 4 heteroatoms. The van der Waals surface area contributed by atoms with E-state index in [2.05, 4.69) is 10.6 Å². The molecule has 1 fully saturated rings. The number of rotatable bonds is 6. The van der Waals surface area contributed by atoms with Crippen LogP contribution >= 0.6 is 0 Å². The highest BCUT2D eigenvalue weighted by Crippen LogP contribution is 2.40. The molecule has 1 saturated carbocycles. The third-order valence-electron chi connectivity index (χ3n) is 3.92. The standard InChI is InChI=1S/C15H21FN2O/c1-17-11-15(8-2-9-15)14(19)18-10-7-12-3-5-13(16)6-4-12/h3-6,17H,2,7-11H2,1H3,(H,18,19). The van der Waals surface area contributed by atoms with Gasteiger partial charge in [-0.05, 0) is 44.0 Å². The molecule has 0 saturated heterocycles. The highest BCUT2D eigenvalue weighted by Gasteiger charge is 2.43. The molecule has 1 aromatic carbocycles. The van der Waals surface area contributed by atoms with Gasteiger partial charge in [0.25, 0.3) is 0 Å². The number of benzene rings is 1. The van der Waals surface area contributed by atoms with Crippen LogP contribution in [-0.4, -0.2) is 26.0 Å². The second kappa shape index (κ2) is 6.15. The van der Waals surface area contributed by atoms with Crippen molar-refractivity contribution in [3.63, 3.8) is 0 Å². The minimum atomic E-state index is -0.227. The summed E-state index contributed by atoms with van der Waals surface area (Å²) in [5.41, 5.74) is 0.843. The molecule has 2 rings (SSSR count). The van der Waals surface area contributed by atoms with E-state index in [9.17, 15) is 9.18 Å². The van der Waals surface area contributed by atoms with Crippen LogP contribution in [0.25, 0.3) is 0 Å². The van der Waals surface area contributed by atoms with E-state index in [0.717, 1.165) is 37.8 Å². The lowest BCUT2D eigenvalue weighted by molar-refractivity contribution is -0.135. The molecule has 0 atom stereocenters. The summed E-state index contributed by atoms with van der Waals surface area (Å²) in [4.78, 5) is 12.2. The van der Waals surface area contributed by atoms with Crippen molar-refractivity contribution in [2.24, 2.45) is 5.41 Å². The lowest BCUT2D eigenvalue weighted by Gasteiger charge is -2.40. The van der Waals surface area contributed by atoms with E-state index in [1.807, 2.05) is 7.05 Å². The zero-order chi connectivity index (χ0) is 13.7. The van der Waals surface area contributed by atoms with Crippen molar-refractivity contribution in [2.75, 3.05) is 20.1 Å². The Morgan fingerprint density at radius 3 is 2.53 bits per heavy atom. The molecule has 104 valence electrons. The van der Waals surface area contributed by atoms with Gasteiger partial charge < -0.3 is 10.6 Å². The number of hydrogen-bond acceptors (Lipinski definition) is 2. The summed E-state index contributed by atoms with van der Waals surface area (Å²) >= 11 is 0. The molecule has 1 aliphatic rings. The average Bonchev–Trinajstić information content (AvgIpc) is 2.36. The van der Waals surface area contributed by atoms with Crippen molar-refractivity contribution in [3.05, 3.63) is 35.6 Å². The first kappa shape index (κ1) is 14.0. The Hall–Kier alpha value is -1.42. The highest BCUT2D eigenvalue weighted by atomic mass is 19.1. The first-order chi connectivity index (χ1) is 9.16. The summed E-state index contributed by atoms with van der Waals surface area (Å²) in [6.07, 6.45) is 3.81. The summed E-state index contributed by atoms with van der Waals surface area (Å²) < 4.78 is 12.8. The molecule has 1 amide bonds. The van der Waals surface area contributed by atoms with Crippen molar-refractivity contribution in [1.29, 1.82) is 0 Å². The molecule has 0 spiro atoms. The van der Waals surface area contributed by atoms with Crippen LogP contribution in [0.4, 0.5) is 4.39 Å². The summed E-state index contributed by atoms with van der Waals surface area (Å²) in [5.74, 6) is -0.0783. The largest absolute Gasteiger partial charge is 0.355 e. The van der Waals surface area contributed by atoms with Crippen molar-refractivity contribution in [1.82, 2.24) is 10.6 Å². The fraction of sp³-hybridized carbons (Fsp3) is 0.533. The van der Waals surface area contributed by atoms with Gasteiger partial charge in [0.1, 0.15) is 5.82 Å². The molecule has 0 unspecified atom stereocenters. The molecular formula is C15H21FN2O. The maximum absolute atomic E-state index is 12.8. The normalized spacial score (nSPS) is 16.7. The van der Waals surface area contributed by atoms with Crippen LogP contribution < -0.4 is 10.6 Å². The maximum Gasteiger partial charge on any atom is 0.227 e. The van der Waals surface area contributed by atoms with Gasteiger partial charge in [-0.1, -0.05) is 18.6 Å². The first-order valence-electron chi connectivity index (χ1n) is 6.84. The lowest BCUT2D eigenvalue weighted by atomic mass is 9.68. The third kappa shape index (κ3) is 3.32. The fourth-order valence-corrected chi connectivity index (χ4v) is 2.59. The lowest BCUT2D eigenvalue weighted by Crippen LogP contribution is -2.51. The van der Waals surface area contributed by atoms with Crippen LogP contribution in [0.3, 0.4) is 0 Å². The minimum Gasteiger partial charge on any atom is -0.355 e. The van der Waals surface area contributed by atoms with Crippen molar-refractivity contribution in [2.45, 2.75) is 25.7 Å². The SMILES string of the molecule is CNCC1(C(=O)NCCc2ccc(F)cc2)CCC1. The van der Waals surface area contributed by atoms with Gasteiger partial charge in [0.15, 0.2) is 0 Å². The van der Waals surface area contributed by atoms with Gasteiger partial charge >= 0.3 is 0 Å². The van der Waals surface area contributed by atoms with Gasteiger partial charge in [0.05, 0.1) is 5.41 Å². The zero-order valence-corrected chi connectivity index (χ0v) is 11.3. The van der Waals surface area contributed by atoms with Crippen LogP contribution in [0.2, 0.25) is 0 Å². The molecule has 3 nitrogen and oxygen atoms in total. The molecule has 0 aliphatic heterocycles. The predicted molar refractivity (Wildman–Crippen MR) is 73.3 cm³/mol. The van der Waals surface area contributed by atoms with E-state index in [0.29, 0.717) is 6.54 Å². The van der Waals surface area contributed by atoms with E-state index >= 15 is 0 Å². The number of amides is 1. The number of halogens is 1. The van der Waals surface area contributed by atoms with Crippen LogP contribution in [0.5, 0.6) is 0 Å². The molecule has 0 aromatic heterocycles. The van der Waals surface area contributed by atoms with Crippen LogP contribution in [0.1, 0.15) is 24.8 Å². The second-order valence-corrected chi connectivity index (χ2v) is 5.30. The van der Waals surface area contributed by atoms with E-state index in [4.69, 9.17) is 0 Å². The highest BCUT2D eigenvalue weighted by molar-refractivity contribution is 5.83. The summed E-state index contributed by atoms with van der Waals surface area (Å²) in [7, 11) is 1.88. The van der Waals surface area contributed by atoms with Crippen molar-refractivity contribution in [3.8, 4) is 0 Å². The Bertz CT molecular complexity index is 426. The summed E-state index contributed by atoms with van der Waals surface area (Å²) in [6, 6.07) is 6.42. The van der Waals surface area contributed by atoms with Crippen LogP contribution in [0, 0.1) is 11.2 Å². The third-order valence-corrected chi connectivity index (χ3v) is 3.92. The summed E-state index contributed by atoms with van der Waals surface area (Å²) in [6.45, 7) is 1.35. The van der Waals surface area contributed by atoms with E-state index in [1.54, 1.807) is 12.1 Å². The average molecular weight is 264 g/mol. The van der Waals surface area contributed by atoms with E-state index in [1.165, 1.54) is 12.1 Å². The number of hydrogen-bond donors (Lipinski definition) is 2. The number of nitrogens with one attached hydrogen (secondary N) is 2. The predicted octanol–water partition coefficient (Wildman–Crippen LogP) is 1.87. The van der Waals surface area contributed by atoms with E-state index < -0.39 is 0 Å². The summed E-state index contributed by atoms with van der Waals surface area (Å²) in [5, 5.41) is 6.10. The molecule has 1 aliphatic carbocycles. The van der Waals surface area contributed by atoms with Gasteiger partial charge in [0.2, 0.25) is 5.91 Å². The Kier molecular flexibility index (Phi) is 4.53. The van der Waals surface area contributed by atoms with E-state index in [-0.39, 0.29) is 17.1 Å². The second-order valence-electron chi connectivity index (χ2n) is 5.30. The smallest absolute Gasteiger partial charge is 0.227 e. The van der Waals surface area contributed by atoms with Gasteiger partial charge in [0, 0.05) is 13.1 Å². The topological polar surface area (TPSA) is 41.1 Å². The fourth-order valence-electron chi connectivity index (χ4n) is 2.59. The Morgan fingerprint density at radius 1 is 1.32 bits per heavy atom. The first-order valence-corrected chi connectivity index (χ1v) is 6.84. The molecule has 0 heterocycles. The molecule has 19 heavy (non-hydrogen) atoms. The van der Waals surface area contributed by atoms with Gasteiger partial charge in [-0.2, -0.15) is 0 Å². The van der Waals surface area contributed by atoms with Crippen LogP contribution in [0.15, 0.2) is 24.3 Å². The van der Waals surface area contributed by atoms with Gasteiger partial charge in [-0.15, -0.1) is 0 Å². The number of carbonyl (C=O) groups excluding carboxylic acids is 1. The van der Waals surface area contributed by atoms with Crippen molar-refractivity contribution < 1.29 is 9.18 Å². The molecule has 2 N–H and O–H groups in total. The van der Waals surface area contributed by atoms with Crippen LogP contribution in [-0.2, 0) is 11.2 Å². The molecule has 1 aromatic rings. The van der Waals surface area contributed by atoms with Crippen molar-refractivity contribution >= 4 is 5.91 Å². The Balaban J connectivity index is 1.79. The Labute approximate surface area is 113 Å². The zero-order valence-electron chi connectivity index (χ0n) is 11.3. The molecule has 0 bridgehead atoms. The minimum absolute atomic E-state index is 0.148. The monoisotopic (exact) mass is 264 g/mol. The van der Waals surface area contributed by atoms with Gasteiger partial charge in [-0.25, -0.2) is 4.39 Å². The van der Waals surface area contributed by atoms with Gasteiger partial charge in [-0.3, -0.25) is 4.79 Å². The maximum atomic E-state index is 12.8. The Morgan fingerprint density at radius 2 is 2.00 bits per heavy atom. The molecule has 0 radical (unpaired) electrons. The quantitative estimate of drug-likeness (QED) is 0.823. The molecular weight excluding hydrogens is 243 g/mol. The number of carbonyl (C=O) groups is 1.